The summed E-state index contributed by atoms with van der Waals surface area (Å²) in [5.41, 5.74) is 3.91. The number of carboxylic acid groups (broad SMARTS) is 1. The monoisotopic (exact) mass is 706 g/mol. The van der Waals surface area contributed by atoms with Crippen LogP contribution in [0.4, 0.5) is 4.79 Å². The molecule has 5 rings (SSSR count). The number of hydrogen-bond acceptors (Lipinski definition) is 14. The number of aliphatic hydroxyl groups excluding tert-OH is 6. The van der Waals surface area contributed by atoms with Crippen molar-refractivity contribution in [3.05, 3.63) is 59.7 Å². The maximum absolute atomic E-state index is 13.0. The van der Waals surface area contributed by atoms with Crippen molar-refractivity contribution in [3.8, 4) is 11.1 Å². The molecular weight excluding hydrogens is 664 g/mol. The molecule has 2 aromatic carbocycles. The minimum atomic E-state index is -1.88. The molecule has 2 aliphatic heterocycles. The highest BCUT2D eigenvalue weighted by molar-refractivity contribution is 5.81. The molecule has 274 valence electrons. The first kappa shape index (κ1) is 37.5. The topological polar surface area (TPSA) is 263 Å². The number of alkyl carbamates (subject to hydrolysis) is 1. The van der Waals surface area contributed by atoms with E-state index in [0.29, 0.717) is 0 Å². The maximum Gasteiger partial charge on any atom is 0.407 e. The number of fused-ring (bicyclic) bond motifs is 3. The highest BCUT2D eigenvalue weighted by Crippen LogP contribution is 2.44. The molecule has 17 nitrogen and oxygen atoms in total. The van der Waals surface area contributed by atoms with Crippen molar-refractivity contribution >= 4 is 18.0 Å². The summed E-state index contributed by atoms with van der Waals surface area (Å²) in [6.07, 6.45) is -17.4. The van der Waals surface area contributed by atoms with E-state index in [1.165, 1.54) is 6.92 Å². The lowest BCUT2D eigenvalue weighted by Crippen LogP contribution is -2.68. The average Bonchev–Trinajstić information content (AvgIpc) is 3.41. The van der Waals surface area contributed by atoms with Gasteiger partial charge in [-0.1, -0.05) is 48.5 Å². The van der Waals surface area contributed by atoms with Crippen molar-refractivity contribution in [1.82, 2.24) is 10.6 Å². The smallest absolute Gasteiger partial charge is 0.407 e. The van der Waals surface area contributed by atoms with Crippen LogP contribution in [0.3, 0.4) is 0 Å². The normalized spacial score (nSPS) is 31.9. The number of ether oxygens (including phenoxy) is 5. The second-order valence-corrected chi connectivity index (χ2v) is 12.4. The lowest BCUT2D eigenvalue weighted by molar-refractivity contribution is -0.347. The molecule has 2 fully saturated rings. The van der Waals surface area contributed by atoms with Gasteiger partial charge in [0.1, 0.15) is 55.4 Å². The molecule has 50 heavy (non-hydrogen) atoms. The van der Waals surface area contributed by atoms with E-state index in [4.69, 9.17) is 23.7 Å². The molecular formula is C33H42N2O15. The van der Waals surface area contributed by atoms with Gasteiger partial charge >= 0.3 is 12.1 Å². The summed E-state index contributed by atoms with van der Waals surface area (Å²) < 4.78 is 28.2. The summed E-state index contributed by atoms with van der Waals surface area (Å²) in [6.45, 7) is 0.742. The van der Waals surface area contributed by atoms with Crippen LogP contribution < -0.4 is 10.6 Å². The van der Waals surface area contributed by atoms with Gasteiger partial charge in [-0.2, -0.15) is 0 Å². The predicted molar refractivity (Wildman–Crippen MR) is 168 cm³/mol. The highest BCUT2D eigenvalue weighted by atomic mass is 16.7. The van der Waals surface area contributed by atoms with Crippen molar-refractivity contribution in [2.45, 2.75) is 93.3 Å². The van der Waals surface area contributed by atoms with Crippen LogP contribution in [0.25, 0.3) is 11.1 Å². The standard InChI is InChI=1S/C33H42N2O15/c1-14(23(30(43)44)35-33(45)46-13-20-18-9-5-3-7-16(18)17-8-4-6-10-19(17)20)47-31-24(34-15(2)38)29(26(40)22(12-37)48-31)50-32-28(42)27(41)25(39)21(11-36)49-32/h3-10,14,20-29,31-32,36-37,39-42H,11-13H2,1-2H3,(H,34,38)(H,35,45)(H,43,44)/t14-,21+,22+,23-,24+,25-,26-,27-,28+,29+,31-,32-/m0/s1. The minimum absolute atomic E-state index is 0.0924. The number of nitrogens with one attached hydrogen (secondary N) is 2. The second-order valence-electron chi connectivity index (χ2n) is 12.4. The number of carbonyl (C=O) groups excluding carboxylic acids is 2. The van der Waals surface area contributed by atoms with E-state index >= 15 is 0 Å². The Morgan fingerprint density at radius 3 is 1.94 bits per heavy atom. The van der Waals surface area contributed by atoms with Crippen LogP contribution in [0.2, 0.25) is 0 Å². The van der Waals surface area contributed by atoms with E-state index in [2.05, 4.69) is 10.6 Å². The Morgan fingerprint density at radius 2 is 1.38 bits per heavy atom. The molecule has 0 bridgehead atoms. The van der Waals surface area contributed by atoms with Crippen LogP contribution >= 0.6 is 0 Å². The number of aliphatic carboxylic acids is 1. The predicted octanol–water partition coefficient (Wildman–Crippen LogP) is -1.85. The number of aliphatic hydroxyl groups is 6. The zero-order valence-corrected chi connectivity index (χ0v) is 27.1. The fourth-order valence-electron chi connectivity index (χ4n) is 6.51. The van der Waals surface area contributed by atoms with Gasteiger partial charge in [0, 0.05) is 12.8 Å². The Morgan fingerprint density at radius 1 is 0.820 bits per heavy atom. The molecule has 2 amide bonds. The SMILES string of the molecule is CC(=O)N[C@H]1[C@@H](O[C@@H](C)[C@H](NC(=O)OCC2c3ccccc3-c3ccccc32)C(=O)O)O[C@H](CO)[C@H](O)[C@@H]1O[C@@H]1O[C@H](CO)[C@H](O)[C@H](O)[C@H]1O. The lowest BCUT2D eigenvalue weighted by atomic mass is 9.95. The van der Waals surface area contributed by atoms with Crippen LogP contribution in [-0.2, 0) is 33.3 Å². The molecule has 0 spiro atoms. The second kappa shape index (κ2) is 16.1. The van der Waals surface area contributed by atoms with Crippen LogP contribution in [0.5, 0.6) is 0 Å². The van der Waals surface area contributed by atoms with Gasteiger partial charge in [-0.3, -0.25) is 4.79 Å². The summed E-state index contributed by atoms with van der Waals surface area (Å²) in [7, 11) is 0. The Bertz CT molecular complexity index is 1460. The van der Waals surface area contributed by atoms with Crippen molar-refractivity contribution in [2.75, 3.05) is 19.8 Å². The van der Waals surface area contributed by atoms with Crippen molar-refractivity contribution in [3.63, 3.8) is 0 Å². The largest absolute Gasteiger partial charge is 0.480 e. The summed E-state index contributed by atoms with van der Waals surface area (Å²) in [5, 5.41) is 76.2. The molecule has 17 heteroatoms. The first-order chi connectivity index (χ1) is 23.9. The minimum Gasteiger partial charge on any atom is -0.480 e. The number of carbonyl (C=O) groups is 3. The number of carboxylic acids is 1. The lowest BCUT2D eigenvalue weighted by Gasteiger charge is -2.47. The van der Waals surface area contributed by atoms with Gasteiger partial charge in [-0.25, -0.2) is 9.59 Å². The number of hydrogen-bond donors (Lipinski definition) is 9. The molecule has 2 saturated heterocycles. The van der Waals surface area contributed by atoms with E-state index in [0.717, 1.165) is 29.2 Å². The average molecular weight is 707 g/mol. The quantitative estimate of drug-likeness (QED) is 0.117. The molecule has 3 aliphatic rings. The van der Waals surface area contributed by atoms with Crippen LogP contribution in [-0.4, -0.2) is 147 Å². The zero-order chi connectivity index (χ0) is 36.3. The fourth-order valence-corrected chi connectivity index (χ4v) is 6.51. The molecule has 1 aliphatic carbocycles. The zero-order valence-electron chi connectivity index (χ0n) is 27.1. The summed E-state index contributed by atoms with van der Waals surface area (Å²) >= 11 is 0. The Kier molecular flexibility index (Phi) is 12.1. The molecule has 9 N–H and O–H groups in total. The van der Waals surface area contributed by atoms with E-state index in [9.17, 15) is 50.1 Å². The molecule has 2 heterocycles. The Balaban J connectivity index is 1.29. The summed E-state index contributed by atoms with van der Waals surface area (Å²) in [6, 6.07) is 12.2. The van der Waals surface area contributed by atoms with Crippen molar-refractivity contribution in [1.29, 1.82) is 0 Å². The van der Waals surface area contributed by atoms with Gasteiger partial charge < -0.3 is 70.1 Å². The van der Waals surface area contributed by atoms with Gasteiger partial charge in [0.05, 0.1) is 19.3 Å². The van der Waals surface area contributed by atoms with Gasteiger partial charge in [-0.05, 0) is 29.2 Å². The van der Waals surface area contributed by atoms with Crippen molar-refractivity contribution in [2.24, 2.45) is 0 Å². The van der Waals surface area contributed by atoms with Crippen LogP contribution in [0, 0.1) is 0 Å². The molecule has 2 aromatic rings. The summed E-state index contributed by atoms with van der Waals surface area (Å²) in [5.74, 6) is -2.48. The maximum atomic E-state index is 13.0. The number of rotatable bonds is 12. The van der Waals surface area contributed by atoms with Gasteiger partial charge in [-0.15, -0.1) is 0 Å². The third-order valence-electron chi connectivity index (χ3n) is 9.06. The molecule has 12 atom stereocenters. The number of amides is 2. The Labute approximate surface area is 286 Å². The Hall–Kier alpha value is -3.75. The first-order valence-corrected chi connectivity index (χ1v) is 16.0. The highest BCUT2D eigenvalue weighted by Gasteiger charge is 2.52. The first-order valence-electron chi connectivity index (χ1n) is 16.0. The van der Waals surface area contributed by atoms with E-state index in [-0.39, 0.29) is 12.5 Å². The van der Waals surface area contributed by atoms with E-state index in [1.54, 1.807) is 0 Å². The van der Waals surface area contributed by atoms with Crippen molar-refractivity contribution < 1.29 is 73.8 Å². The van der Waals surface area contributed by atoms with Crippen LogP contribution in [0.15, 0.2) is 48.5 Å². The number of benzene rings is 2. The van der Waals surface area contributed by atoms with Gasteiger partial charge in [0.25, 0.3) is 0 Å². The van der Waals surface area contributed by atoms with Gasteiger partial charge in [0.15, 0.2) is 18.6 Å². The third-order valence-corrected chi connectivity index (χ3v) is 9.06. The van der Waals surface area contributed by atoms with E-state index < -0.39 is 105 Å². The summed E-state index contributed by atoms with van der Waals surface area (Å²) in [4.78, 5) is 37.6. The van der Waals surface area contributed by atoms with Crippen LogP contribution in [0.1, 0.15) is 30.9 Å². The third kappa shape index (κ3) is 7.76. The molecule has 0 aromatic heterocycles. The van der Waals surface area contributed by atoms with Gasteiger partial charge in [0.2, 0.25) is 5.91 Å². The molecule has 0 unspecified atom stereocenters. The molecule has 0 saturated carbocycles. The molecule has 0 radical (unpaired) electrons. The van der Waals surface area contributed by atoms with E-state index in [1.807, 2.05) is 48.5 Å². The fraction of sp³-hybridized carbons (Fsp3) is 0.545.